The van der Waals surface area contributed by atoms with Gasteiger partial charge in [0, 0.05) is 12.1 Å². The molecule has 2 N–H and O–H groups in total. The number of aliphatic hydroxyl groups is 1. The molecular weight excluding hydrogens is 226 g/mol. The average molecular weight is 245 g/mol. The van der Waals surface area contributed by atoms with Crippen LogP contribution in [-0.2, 0) is 11.2 Å². The Morgan fingerprint density at radius 1 is 1.11 bits per heavy atom. The smallest absolute Gasteiger partial charge is 0.224 e. The van der Waals surface area contributed by atoms with E-state index in [0.717, 1.165) is 37.8 Å². The number of aryl methyl sites for hydroxylation is 1. The number of amides is 1. The maximum atomic E-state index is 11.3. The summed E-state index contributed by atoms with van der Waals surface area (Å²) in [4.78, 5) is 11.3. The molecule has 3 rings (SSSR count). The Bertz CT molecular complexity index is 462. The molecule has 3 heteroatoms. The zero-order valence-electron chi connectivity index (χ0n) is 10.5. The van der Waals surface area contributed by atoms with Crippen LogP contribution in [-0.4, -0.2) is 17.1 Å². The summed E-state index contributed by atoms with van der Waals surface area (Å²) >= 11 is 0. The van der Waals surface area contributed by atoms with Gasteiger partial charge < -0.3 is 10.4 Å². The summed E-state index contributed by atoms with van der Waals surface area (Å²) < 4.78 is 0. The van der Waals surface area contributed by atoms with Crippen molar-refractivity contribution >= 4 is 11.6 Å². The molecule has 0 saturated heterocycles. The van der Waals surface area contributed by atoms with Crippen molar-refractivity contribution in [2.75, 3.05) is 5.32 Å². The van der Waals surface area contributed by atoms with Crippen LogP contribution in [0.1, 0.15) is 49.1 Å². The summed E-state index contributed by atoms with van der Waals surface area (Å²) in [6.07, 6.45) is 5.33. The fourth-order valence-electron chi connectivity index (χ4n) is 3.07. The maximum absolute atomic E-state index is 11.3. The first-order valence-electron chi connectivity index (χ1n) is 6.83. The number of benzene rings is 1. The van der Waals surface area contributed by atoms with Gasteiger partial charge in [0.25, 0.3) is 0 Å². The molecule has 18 heavy (non-hydrogen) atoms. The molecule has 1 aliphatic heterocycles. The Morgan fingerprint density at radius 2 is 1.89 bits per heavy atom. The lowest BCUT2D eigenvalue weighted by Gasteiger charge is -2.27. The second-order valence-corrected chi connectivity index (χ2v) is 5.47. The summed E-state index contributed by atoms with van der Waals surface area (Å²) in [5.74, 6) is 0.701. The zero-order chi connectivity index (χ0) is 12.5. The first kappa shape index (κ1) is 11.7. The minimum Gasteiger partial charge on any atom is -0.393 e. The van der Waals surface area contributed by atoms with Gasteiger partial charge in [-0.1, -0.05) is 12.1 Å². The highest BCUT2D eigenvalue weighted by molar-refractivity contribution is 5.93. The molecule has 0 spiro atoms. The number of nitrogens with one attached hydrogen (secondary N) is 1. The quantitative estimate of drug-likeness (QED) is 0.799. The van der Waals surface area contributed by atoms with Crippen molar-refractivity contribution in [2.24, 2.45) is 0 Å². The van der Waals surface area contributed by atoms with Crippen molar-refractivity contribution in [3.05, 3.63) is 29.3 Å². The van der Waals surface area contributed by atoms with E-state index in [1.165, 1.54) is 11.1 Å². The molecule has 1 aromatic rings. The zero-order valence-corrected chi connectivity index (χ0v) is 10.5. The third kappa shape index (κ3) is 2.27. The molecule has 0 atom stereocenters. The van der Waals surface area contributed by atoms with Gasteiger partial charge in [0.2, 0.25) is 5.91 Å². The van der Waals surface area contributed by atoms with Gasteiger partial charge in [-0.05, 0) is 55.2 Å². The fourth-order valence-corrected chi connectivity index (χ4v) is 3.07. The summed E-state index contributed by atoms with van der Waals surface area (Å²) in [5.41, 5.74) is 3.61. The van der Waals surface area contributed by atoms with Gasteiger partial charge in [0.15, 0.2) is 0 Å². The standard InChI is InChI=1S/C15H19NO2/c17-13-5-1-10(2-6-13)11-3-7-14-12(9-11)4-8-15(18)16-14/h3,7,9-10,13,17H,1-2,4-6,8H2,(H,16,18). The molecule has 2 aliphatic rings. The lowest BCUT2D eigenvalue weighted by atomic mass is 9.82. The molecule has 1 aromatic carbocycles. The predicted octanol–water partition coefficient (Wildman–Crippen LogP) is 2.59. The molecule has 0 unspecified atom stereocenters. The van der Waals surface area contributed by atoms with E-state index in [0.29, 0.717) is 12.3 Å². The number of hydrogen-bond donors (Lipinski definition) is 2. The van der Waals surface area contributed by atoms with Crippen molar-refractivity contribution in [2.45, 2.75) is 50.5 Å². The number of fused-ring (bicyclic) bond motifs is 1. The highest BCUT2D eigenvalue weighted by atomic mass is 16.3. The van der Waals surface area contributed by atoms with Gasteiger partial charge in [-0.15, -0.1) is 0 Å². The van der Waals surface area contributed by atoms with E-state index in [1.54, 1.807) is 0 Å². The summed E-state index contributed by atoms with van der Waals surface area (Å²) in [7, 11) is 0. The average Bonchev–Trinajstić information content (AvgIpc) is 2.39. The fraction of sp³-hybridized carbons (Fsp3) is 0.533. The van der Waals surface area contributed by atoms with Gasteiger partial charge >= 0.3 is 0 Å². The number of carbonyl (C=O) groups is 1. The topological polar surface area (TPSA) is 49.3 Å². The lowest BCUT2D eigenvalue weighted by molar-refractivity contribution is -0.116. The molecule has 1 aliphatic carbocycles. The van der Waals surface area contributed by atoms with Gasteiger partial charge in [0.1, 0.15) is 0 Å². The Morgan fingerprint density at radius 3 is 2.67 bits per heavy atom. The molecule has 0 aromatic heterocycles. The van der Waals surface area contributed by atoms with Crippen molar-refractivity contribution in [1.82, 2.24) is 0 Å². The monoisotopic (exact) mass is 245 g/mol. The van der Waals surface area contributed by atoms with Crippen LogP contribution in [0.4, 0.5) is 5.69 Å². The Labute approximate surface area is 107 Å². The van der Waals surface area contributed by atoms with Gasteiger partial charge in [-0.2, -0.15) is 0 Å². The molecule has 1 heterocycles. The van der Waals surface area contributed by atoms with Crippen molar-refractivity contribution in [3.63, 3.8) is 0 Å². The molecule has 0 bridgehead atoms. The SMILES string of the molecule is O=C1CCc2cc(C3CCC(O)CC3)ccc2N1. The van der Waals surface area contributed by atoms with Crippen molar-refractivity contribution in [3.8, 4) is 0 Å². The van der Waals surface area contributed by atoms with Gasteiger partial charge in [0.05, 0.1) is 6.10 Å². The highest BCUT2D eigenvalue weighted by Crippen LogP contribution is 2.35. The predicted molar refractivity (Wildman–Crippen MR) is 70.6 cm³/mol. The normalized spacial score (nSPS) is 27.5. The second-order valence-electron chi connectivity index (χ2n) is 5.47. The van der Waals surface area contributed by atoms with E-state index < -0.39 is 0 Å². The first-order valence-corrected chi connectivity index (χ1v) is 6.83. The third-order valence-corrected chi connectivity index (χ3v) is 4.19. The van der Waals surface area contributed by atoms with E-state index in [9.17, 15) is 9.90 Å². The highest BCUT2D eigenvalue weighted by Gasteiger charge is 2.22. The number of hydrogen-bond acceptors (Lipinski definition) is 2. The van der Waals surface area contributed by atoms with Gasteiger partial charge in [-0.3, -0.25) is 4.79 Å². The third-order valence-electron chi connectivity index (χ3n) is 4.19. The van der Waals surface area contributed by atoms with Crippen molar-refractivity contribution < 1.29 is 9.90 Å². The van der Waals surface area contributed by atoms with E-state index >= 15 is 0 Å². The molecule has 1 fully saturated rings. The first-order chi connectivity index (χ1) is 8.72. The lowest BCUT2D eigenvalue weighted by Crippen LogP contribution is -2.20. The Balaban J connectivity index is 1.80. The molecule has 1 amide bonds. The van der Waals surface area contributed by atoms with E-state index in [4.69, 9.17) is 0 Å². The summed E-state index contributed by atoms with van der Waals surface area (Å²) in [6, 6.07) is 6.41. The minimum atomic E-state index is -0.0989. The van der Waals surface area contributed by atoms with Crippen LogP contribution in [0.15, 0.2) is 18.2 Å². The van der Waals surface area contributed by atoms with Crippen molar-refractivity contribution in [1.29, 1.82) is 0 Å². The van der Waals surface area contributed by atoms with Crippen LogP contribution in [0.2, 0.25) is 0 Å². The van der Waals surface area contributed by atoms with E-state index in [-0.39, 0.29) is 12.0 Å². The number of aliphatic hydroxyl groups excluding tert-OH is 1. The van der Waals surface area contributed by atoms with Crippen LogP contribution >= 0.6 is 0 Å². The Hall–Kier alpha value is -1.35. The molecular formula is C15H19NO2. The van der Waals surface area contributed by atoms with Crippen LogP contribution in [0.5, 0.6) is 0 Å². The molecule has 0 radical (unpaired) electrons. The van der Waals surface area contributed by atoms with Crippen LogP contribution < -0.4 is 5.32 Å². The molecule has 3 nitrogen and oxygen atoms in total. The largest absolute Gasteiger partial charge is 0.393 e. The van der Waals surface area contributed by atoms with Gasteiger partial charge in [-0.25, -0.2) is 0 Å². The Kier molecular flexibility index (Phi) is 3.08. The number of rotatable bonds is 1. The summed E-state index contributed by atoms with van der Waals surface area (Å²) in [6.45, 7) is 0. The number of anilines is 1. The molecule has 96 valence electrons. The van der Waals surface area contributed by atoms with Crippen LogP contribution in [0.25, 0.3) is 0 Å². The summed E-state index contributed by atoms with van der Waals surface area (Å²) in [5, 5.41) is 12.5. The van der Waals surface area contributed by atoms with E-state index in [2.05, 4.69) is 17.4 Å². The molecule has 1 saturated carbocycles. The number of carbonyl (C=O) groups excluding carboxylic acids is 1. The van der Waals surface area contributed by atoms with E-state index in [1.807, 2.05) is 6.07 Å². The minimum absolute atomic E-state index is 0.0989. The maximum Gasteiger partial charge on any atom is 0.224 e. The van der Waals surface area contributed by atoms with Crippen LogP contribution in [0, 0.1) is 0 Å². The van der Waals surface area contributed by atoms with Crippen LogP contribution in [0.3, 0.4) is 0 Å². The second kappa shape index (κ2) is 4.73.